The highest BCUT2D eigenvalue weighted by Crippen LogP contribution is 2.21. The number of rotatable bonds is 3. The minimum absolute atomic E-state index is 0.102. The van der Waals surface area contributed by atoms with Crippen molar-refractivity contribution in [3.63, 3.8) is 0 Å². The predicted octanol–water partition coefficient (Wildman–Crippen LogP) is 3.20. The van der Waals surface area contributed by atoms with Gasteiger partial charge in [0.05, 0.1) is 10.0 Å². The van der Waals surface area contributed by atoms with Gasteiger partial charge in [0, 0.05) is 18.3 Å². The maximum atomic E-state index is 13.4. The van der Waals surface area contributed by atoms with E-state index in [1.54, 1.807) is 24.3 Å². The first-order chi connectivity index (χ1) is 10.0. The number of hydrogen-bond donors (Lipinski definition) is 2. The fourth-order valence-electron chi connectivity index (χ4n) is 1.76. The van der Waals surface area contributed by atoms with Crippen LogP contribution in [0.4, 0.5) is 10.1 Å². The van der Waals surface area contributed by atoms with Crippen molar-refractivity contribution >= 4 is 33.4 Å². The van der Waals surface area contributed by atoms with Gasteiger partial charge in [0.15, 0.2) is 0 Å². The number of benzene rings is 2. The van der Waals surface area contributed by atoms with Crippen molar-refractivity contribution in [2.45, 2.75) is 0 Å². The Bertz CT molecular complexity index is 704. The molecule has 21 heavy (non-hydrogen) atoms. The second kappa shape index (κ2) is 6.49. The molecule has 0 bridgehead atoms. The summed E-state index contributed by atoms with van der Waals surface area (Å²) in [7, 11) is 1.53. The Balaban J connectivity index is 2.24. The summed E-state index contributed by atoms with van der Waals surface area (Å²) < 4.78 is 13.5. The summed E-state index contributed by atoms with van der Waals surface area (Å²) in [5.74, 6) is -1.23. The normalized spacial score (nSPS) is 10.0. The quantitative estimate of drug-likeness (QED) is 0.892. The molecule has 0 spiro atoms. The third kappa shape index (κ3) is 3.46. The van der Waals surface area contributed by atoms with Gasteiger partial charge in [-0.1, -0.05) is 12.1 Å². The monoisotopic (exact) mass is 350 g/mol. The van der Waals surface area contributed by atoms with Crippen LogP contribution in [0.25, 0.3) is 0 Å². The molecule has 2 aromatic carbocycles. The zero-order valence-corrected chi connectivity index (χ0v) is 12.7. The van der Waals surface area contributed by atoms with Crippen LogP contribution in [0.15, 0.2) is 46.9 Å². The number of carbonyl (C=O) groups excluding carboxylic acids is 2. The van der Waals surface area contributed by atoms with E-state index < -0.39 is 11.7 Å². The molecule has 0 radical (unpaired) electrons. The second-order valence-electron chi connectivity index (χ2n) is 4.22. The van der Waals surface area contributed by atoms with E-state index in [0.29, 0.717) is 11.3 Å². The van der Waals surface area contributed by atoms with Crippen LogP contribution in [0.5, 0.6) is 0 Å². The first-order valence-electron chi connectivity index (χ1n) is 6.10. The lowest BCUT2D eigenvalue weighted by atomic mass is 10.1. The zero-order valence-electron chi connectivity index (χ0n) is 11.1. The lowest BCUT2D eigenvalue weighted by molar-refractivity contribution is 0.0961. The van der Waals surface area contributed by atoms with Crippen molar-refractivity contribution < 1.29 is 14.0 Å². The first-order valence-corrected chi connectivity index (χ1v) is 6.89. The zero-order chi connectivity index (χ0) is 15.4. The third-order valence-corrected chi connectivity index (χ3v) is 3.61. The van der Waals surface area contributed by atoms with Gasteiger partial charge in [0.2, 0.25) is 0 Å². The molecule has 2 aromatic rings. The topological polar surface area (TPSA) is 58.2 Å². The van der Waals surface area contributed by atoms with Crippen LogP contribution >= 0.6 is 15.9 Å². The van der Waals surface area contributed by atoms with E-state index in [4.69, 9.17) is 0 Å². The number of hydrogen-bond acceptors (Lipinski definition) is 2. The molecule has 2 N–H and O–H groups in total. The van der Waals surface area contributed by atoms with Crippen molar-refractivity contribution in [2.24, 2.45) is 0 Å². The SMILES string of the molecule is CNC(=O)c1cccc(NC(=O)c2cccc(F)c2Br)c1. The predicted molar refractivity (Wildman–Crippen MR) is 81.9 cm³/mol. The maximum Gasteiger partial charge on any atom is 0.256 e. The lowest BCUT2D eigenvalue weighted by Crippen LogP contribution is -2.18. The average Bonchev–Trinajstić information content (AvgIpc) is 2.49. The number of halogens is 2. The largest absolute Gasteiger partial charge is 0.355 e. The molecule has 4 nitrogen and oxygen atoms in total. The summed E-state index contributed by atoms with van der Waals surface area (Å²) in [6.45, 7) is 0. The van der Waals surface area contributed by atoms with Crippen LogP contribution in [0.3, 0.4) is 0 Å². The summed E-state index contributed by atoms with van der Waals surface area (Å²) >= 11 is 3.04. The Morgan fingerprint density at radius 1 is 1.10 bits per heavy atom. The van der Waals surface area contributed by atoms with Crippen LogP contribution < -0.4 is 10.6 Å². The molecule has 6 heteroatoms. The van der Waals surface area contributed by atoms with E-state index in [-0.39, 0.29) is 15.9 Å². The van der Waals surface area contributed by atoms with E-state index in [1.807, 2.05) is 0 Å². The molecule has 0 fully saturated rings. The molecule has 2 amide bonds. The van der Waals surface area contributed by atoms with E-state index in [2.05, 4.69) is 26.6 Å². The highest BCUT2D eigenvalue weighted by atomic mass is 79.9. The van der Waals surface area contributed by atoms with Gasteiger partial charge >= 0.3 is 0 Å². The number of anilines is 1. The smallest absolute Gasteiger partial charge is 0.256 e. The summed E-state index contributed by atoms with van der Waals surface area (Å²) in [5.41, 5.74) is 1.06. The molecule has 2 rings (SSSR count). The Labute approximate surface area is 129 Å². The maximum absolute atomic E-state index is 13.4. The minimum atomic E-state index is -0.512. The standard InChI is InChI=1S/C15H12BrFN2O2/c1-18-14(20)9-4-2-5-10(8-9)19-15(21)11-6-3-7-12(17)13(11)16/h2-8H,1H3,(H,18,20)(H,19,21). The van der Waals surface area contributed by atoms with Gasteiger partial charge < -0.3 is 10.6 Å². The molecule has 108 valence electrons. The second-order valence-corrected chi connectivity index (χ2v) is 5.01. The van der Waals surface area contributed by atoms with E-state index in [9.17, 15) is 14.0 Å². The van der Waals surface area contributed by atoms with Crippen LogP contribution in [0.1, 0.15) is 20.7 Å². The van der Waals surface area contributed by atoms with E-state index in [0.717, 1.165) is 0 Å². The Kier molecular flexibility index (Phi) is 4.70. The van der Waals surface area contributed by atoms with Crippen molar-refractivity contribution in [1.82, 2.24) is 5.32 Å². The first kappa shape index (κ1) is 15.2. The fourth-order valence-corrected chi connectivity index (χ4v) is 2.20. The van der Waals surface area contributed by atoms with E-state index >= 15 is 0 Å². The minimum Gasteiger partial charge on any atom is -0.355 e. The molecule has 0 heterocycles. The van der Waals surface area contributed by atoms with Gasteiger partial charge in [0.1, 0.15) is 5.82 Å². The highest BCUT2D eigenvalue weighted by Gasteiger charge is 2.13. The number of amides is 2. The molecule has 0 saturated heterocycles. The van der Waals surface area contributed by atoms with Gasteiger partial charge in [-0.05, 0) is 46.3 Å². The molecule has 0 aliphatic rings. The number of carbonyl (C=O) groups is 2. The molecular weight excluding hydrogens is 339 g/mol. The van der Waals surface area contributed by atoms with Crippen molar-refractivity contribution in [2.75, 3.05) is 12.4 Å². The fraction of sp³-hybridized carbons (Fsp3) is 0.0667. The molecule has 0 aliphatic carbocycles. The molecule has 0 aromatic heterocycles. The van der Waals surface area contributed by atoms with Gasteiger partial charge in [-0.15, -0.1) is 0 Å². The van der Waals surface area contributed by atoms with Crippen LogP contribution in [0, 0.1) is 5.82 Å². The van der Waals surface area contributed by atoms with Crippen molar-refractivity contribution in [3.05, 3.63) is 63.9 Å². The Morgan fingerprint density at radius 3 is 2.52 bits per heavy atom. The van der Waals surface area contributed by atoms with E-state index in [1.165, 1.54) is 25.2 Å². The molecule has 0 aliphatic heterocycles. The van der Waals surface area contributed by atoms with Gasteiger partial charge in [-0.25, -0.2) is 4.39 Å². The highest BCUT2D eigenvalue weighted by molar-refractivity contribution is 9.10. The lowest BCUT2D eigenvalue weighted by Gasteiger charge is -2.08. The van der Waals surface area contributed by atoms with Crippen molar-refractivity contribution in [3.8, 4) is 0 Å². The molecular formula is C15H12BrFN2O2. The molecule has 0 atom stereocenters. The summed E-state index contributed by atoms with van der Waals surface area (Å²) in [4.78, 5) is 23.7. The van der Waals surface area contributed by atoms with Crippen molar-refractivity contribution in [1.29, 1.82) is 0 Å². The van der Waals surface area contributed by atoms with Gasteiger partial charge in [0.25, 0.3) is 11.8 Å². The number of nitrogens with one attached hydrogen (secondary N) is 2. The summed E-state index contributed by atoms with van der Waals surface area (Å²) in [6.07, 6.45) is 0. The average molecular weight is 351 g/mol. The molecule has 0 unspecified atom stereocenters. The summed E-state index contributed by atoms with van der Waals surface area (Å²) in [5, 5.41) is 5.13. The van der Waals surface area contributed by atoms with Crippen LogP contribution in [0.2, 0.25) is 0 Å². The van der Waals surface area contributed by atoms with Gasteiger partial charge in [-0.2, -0.15) is 0 Å². The Hall–Kier alpha value is -2.21. The van der Waals surface area contributed by atoms with Gasteiger partial charge in [-0.3, -0.25) is 9.59 Å². The summed E-state index contributed by atoms with van der Waals surface area (Å²) in [6, 6.07) is 10.7. The molecule has 0 saturated carbocycles. The Morgan fingerprint density at radius 2 is 1.81 bits per heavy atom. The van der Waals surface area contributed by atoms with Crippen LogP contribution in [-0.2, 0) is 0 Å². The van der Waals surface area contributed by atoms with Crippen LogP contribution in [-0.4, -0.2) is 18.9 Å². The third-order valence-electron chi connectivity index (χ3n) is 2.81.